The molecule has 0 radical (unpaired) electrons. The normalized spacial score (nSPS) is 15.7. The molecule has 4 rings (SSSR count). The highest BCUT2D eigenvalue weighted by molar-refractivity contribution is 7.92. The van der Waals surface area contributed by atoms with Crippen LogP contribution in [0.25, 0.3) is 0 Å². The highest BCUT2D eigenvalue weighted by Gasteiger charge is 2.23. The summed E-state index contributed by atoms with van der Waals surface area (Å²) in [7, 11) is -3.73. The zero-order valence-corrected chi connectivity index (χ0v) is 13.1. The number of rotatable bonds is 3. The van der Waals surface area contributed by atoms with Crippen molar-refractivity contribution in [3.8, 4) is 17.2 Å². The van der Waals surface area contributed by atoms with Crippen LogP contribution < -0.4 is 18.9 Å². The summed E-state index contributed by atoms with van der Waals surface area (Å²) < 4.78 is 43.9. The molecule has 0 amide bonds. The second kappa shape index (κ2) is 5.34. The fourth-order valence-corrected chi connectivity index (χ4v) is 3.79. The van der Waals surface area contributed by atoms with Gasteiger partial charge in [-0.2, -0.15) is 0 Å². The largest absolute Gasteiger partial charge is 0.491 e. The molecule has 2 aliphatic heterocycles. The maximum absolute atomic E-state index is 12.6. The van der Waals surface area contributed by atoms with Gasteiger partial charge < -0.3 is 14.2 Å². The molecule has 2 aromatic rings. The van der Waals surface area contributed by atoms with Crippen molar-refractivity contribution >= 4 is 15.7 Å². The lowest BCUT2D eigenvalue weighted by molar-refractivity contribution is 0.174. The molecule has 23 heavy (non-hydrogen) atoms. The zero-order chi connectivity index (χ0) is 15.9. The number of para-hydroxylation sites is 1. The Morgan fingerprint density at radius 2 is 1.87 bits per heavy atom. The summed E-state index contributed by atoms with van der Waals surface area (Å²) in [5.74, 6) is 1.59. The third-order valence-corrected chi connectivity index (χ3v) is 5.20. The number of aryl methyl sites for hydroxylation is 1. The molecule has 120 valence electrons. The van der Waals surface area contributed by atoms with Gasteiger partial charge in [-0.05, 0) is 36.6 Å². The Hall–Kier alpha value is -2.41. The molecule has 2 aromatic carbocycles. The van der Waals surface area contributed by atoms with Crippen LogP contribution in [0.5, 0.6) is 17.2 Å². The first-order chi connectivity index (χ1) is 11.1. The summed E-state index contributed by atoms with van der Waals surface area (Å²) >= 11 is 0. The van der Waals surface area contributed by atoms with Crippen LogP contribution >= 0.6 is 0 Å². The van der Waals surface area contributed by atoms with Gasteiger partial charge in [0.2, 0.25) is 6.79 Å². The number of sulfonamides is 1. The van der Waals surface area contributed by atoms with Crippen LogP contribution in [0.4, 0.5) is 5.69 Å². The molecule has 0 saturated heterocycles. The van der Waals surface area contributed by atoms with Crippen LogP contribution in [-0.2, 0) is 16.4 Å². The average Bonchev–Trinajstić information content (AvgIpc) is 3.02. The summed E-state index contributed by atoms with van der Waals surface area (Å²) in [6, 6.07) is 10.0. The number of anilines is 1. The molecule has 2 heterocycles. The molecule has 0 saturated carbocycles. The van der Waals surface area contributed by atoms with E-state index < -0.39 is 10.0 Å². The Balaban J connectivity index is 1.68. The van der Waals surface area contributed by atoms with Crippen LogP contribution in [0.1, 0.15) is 12.0 Å². The van der Waals surface area contributed by atoms with E-state index >= 15 is 0 Å². The van der Waals surface area contributed by atoms with Gasteiger partial charge in [0, 0.05) is 6.07 Å². The predicted molar refractivity (Wildman–Crippen MR) is 83.6 cm³/mol. The molecule has 0 spiro atoms. The van der Waals surface area contributed by atoms with Gasteiger partial charge in [0.1, 0.15) is 5.75 Å². The molecule has 1 N–H and O–H groups in total. The highest BCUT2D eigenvalue weighted by Crippen LogP contribution is 2.36. The van der Waals surface area contributed by atoms with E-state index in [4.69, 9.17) is 14.2 Å². The molecular weight excluding hydrogens is 318 g/mol. The van der Waals surface area contributed by atoms with Gasteiger partial charge in [-0.1, -0.05) is 12.1 Å². The Morgan fingerprint density at radius 1 is 1.00 bits per heavy atom. The third kappa shape index (κ3) is 2.57. The van der Waals surface area contributed by atoms with Crippen molar-refractivity contribution in [3.63, 3.8) is 0 Å². The monoisotopic (exact) mass is 333 g/mol. The number of hydrogen-bond acceptors (Lipinski definition) is 5. The Bertz CT molecular complexity index is 863. The van der Waals surface area contributed by atoms with Crippen molar-refractivity contribution in [2.24, 2.45) is 0 Å². The molecule has 7 heteroatoms. The second-order valence-corrected chi connectivity index (χ2v) is 7.05. The second-order valence-electron chi connectivity index (χ2n) is 5.37. The minimum Gasteiger partial charge on any atom is -0.491 e. The van der Waals surface area contributed by atoms with Crippen LogP contribution in [0, 0.1) is 0 Å². The minimum absolute atomic E-state index is 0.103. The maximum atomic E-state index is 12.6. The maximum Gasteiger partial charge on any atom is 0.262 e. The van der Waals surface area contributed by atoms with Crippen molar-refractivity contribution in [2.75, 3.05) is 18.1 Å². The zero-order valence-electron chi connectivity index (χ0n) is 12.2. The van der Waals surface area contributed by atoms with Gasteiger partial charge in [0.25, 0.3) is 10.0 Å². The molecular formula is C16H15NO5S. The lowest BCUT2D eigenvalue weighted by Crippen LogP contribution is -2.16. The van der Waals surface area contributed by atoms with Gasteiger partial charge in [-0.3, -0.25) is 4.72 Å². The van der Waals surface area contributed by atoms with Crippen molar-refractivity contribution in [2.45, 2.75) is 17.7 Å². The highest BCUT2D eigenvalue weighted by atomic mass is 32.2. The van der Waals surface area contributed by atoms with Gasteiger partial charge in [0.05, 0.1) is 17.2 Å². The van der Waals surface area contributed by atoms with E-state index in [0.29, 0.717) is 29.5 Å². The van der Waals surface area contributed by atoms with E-state index in [1.165, 1.54) is 12.1 Å². The molecule has 2 aliphatic rings. The molecule has 0 atom stereocenters. The van der Waals surface area contributed by atoms with Gasteiger partial charge in [-0.25, -0.2) is 8.42 Å². The van der Waals surface area contributed by atoms with E-state index in [1.807, 2.05) is 12.1 Å². The van der Waals surface area contributed by atoms with Crippen LogP contribution in [0.2, 0.25) is 0 Å². The Labute approximate surface area is 134 Å². The SMILES string of the molecule is O=S(=O)(Nc1cccc2c1OCCC2)c1ccc2c(c1)OCO2. The van der Waals surface area contributed by atoms with Crippen molar-refractivity contribution in [1.82, 2.24) is 0 Å². The summed E-state index contributed by atoms with van der Waals surface area (Å²) in [4.78, 5) is 0.121. The number of benzene rings is 2. The average molecular weight is 333 g/mol. The summed E-state index contributed by atoms with van der Waals surface area (Å²) in [6.45, 7) is 0.696. The Kier molecular flexibility index (Phi) is 3.30. The minimum atomic E-state index is -3.73. The lowest BCUT2D eigenvalue weighted by Gasteiger charge is -2.20. The van der Waals surface area contributed by atoms with E-state index in [0.717, 1.165) is 18.4 Å². The molecule has 0 bridgehead atoms. The summed E-state index contributed by atoms with van der Waals surface area (Å²) in [5, 5.41) is 0. The quantitative estimate of drug-likeness (QED) is 0.934. The fraction of sp³-hybridized carbons (Fsp3) is 0.250. The topological polar surface area (TPSA) is 73.9 Å². The first-order valence-electron chi connectivity index (χ1n) is 7.31. The molecule has 0 aromatic heterocycles. The number of ether oxygens (including phenoxy) is 3. The van der Waals surface area contributed by atoms with E-state index in [1.54, 1.807) is 12.1 Å². The molecule has 0 aliphatic carbocycles. The standard InChI is InChI=1S/C16H15NO5S/c18-23(19,12-6-7-14-15(9-12)22-10-21-14)17-13-5-1-3-11-4-2-8-20-16(11)13/h1,3,5-7,9,17H,2,4,8,10H2. The van der Waals surface area contributed by atoms with E-state index in [9.17, 15) is 8.42 Å². The van der Waals surface area contributed by atoms with Crippen LogP contribution in [0.3, 0.4) is 0 Å². The van der Waals surface area contributed by atoms with E-state index in [2.05, 4.69) is 4.72 Å². The van der Waals surface area contributed by atoms with Crippen LogP contribution in [0.15, 0.2) is 41.3 Å². The van der Waals surface area contributed by atoms with Crippen molar-refractivity contribution < 1.29 is 22.6 Å². The molecule has 6 nitrogen and oxygen atoms in total. The van der Waals surface area contributed by atoms with Crippen molar-refractivity contribution in [1.29, 1.82) is 0 Å². The number of fused-ring (bicyclic) bond motifs is 2. The van der Waals surface area contributed by atoms with Crippen LogP contribution in [-0.4, -0.2) is 21.8 Å². The molecule has 0 fully saturated rings. The number of hydrogen-bond donors (Lipinski definition) is 1. The lowest BCUT2D eigenvalue weighted by atomic mass is 10.1. The third-order valence-electron chi connectivity index (χ3n) is 3.83. The predicted octanol–water partition coefficient (Wildman–Crippen LogP) is 2.54. The number of nitrogens with one attached hydrogen (secondary N) is 1. The summed E-state index contributed by atoms with van der Waals surface area (Å²) in [6.07, 6.45) is 1.82. The first kappa shape index (κ1) is 14.2. The molecule has 0 unspecified atom stereocenters. The van der Waals surface area contributed by atoms with Crippen molar-refractivity contribution in [3.05, 3.63) is 42.0 Å². The van der Waals surface area contributed by atoms with E-state index in [-0.39, 0.29) is 11.7 Å². The smallest absolute Gasteiger partial charge is 0.262 e. The Morgan fingerprint density at radius 3 is 2.78 bits per heavy atom. The first-order valence-corrected chi connectivity index (χ1v) is 8.79. The summed E-state index contributed by atoms with van der Waals surface area (Å²) in [5.41, 5.74) is 1.47. The fourth-order valence-electron chi connectivity index (χ4n) is 2.72. The van der Waals surface area contributed by atoms with Gasteiger partial charge in [0.15, 0.2) is 11.5 Å². The van der Waals surface area contributed by atoms with Gasteiger partial charge in [-0.15, -0.1) is 0 Å². The van der Waals surface area contributed by atoms with Gasteiger partial charge >= 0.3 is 0 Å².